The van der Waals surface area contributed by atoms with E-state index in [0.717, 1.165) is 6.54 Å². The third kappa shape index (κ3) is 2.93. The van der Waals surface area contributed by atoms with Crippen molar-refractivity contribution in [2.45, 2.75) is 31.2 Å². The number of likely N-dealkylation sites (N-methyl/N-ethyl adjacent to an activating group) is 1. The number of hydrogen-bond acceptors (Lipinski definition) is 4. The number of pyridine rings is 1. The predicted molar refractivity (Wildman–Crippen MR) is 81.0 cm³/mol. The summed E-state index contributed by atoms with van der Waals surface area (Å²) in [5, 5.41) is 6.03. The van der Waals surface area contributed by atoms with E-state index in [1.807, 2.05) is 0 Å². The Kier molecular flexibility index (Phi) is 4.60. The summed E-state index contributed by atoms with van der Waals surface area (Å²) >= 11 is 0. The molecule has 2 rings (SSSR count). The van der Waals surface area contributed by atoms with Crippen molar-refractivity contribution >= 4 is 11.7 Å². The minimum atomic E-state index is -0.106. The van der Waals surface area contributed by atoms with Crippen LogP contribution in [0.1, 0.15) is 36.0 Å². The Labute approximate surface area is 120 Å². The largest absolute Gasteiger partial charge is 0.368 e. The molecule has 20 heavy (non-hydrogen) atoms. The maximum absolute atomic E-state index is 11.8. The molecule has 0 unspecified atom stereocenters. The maximum Gasteiger partial charge on any atom is 0.254 e. The summed E-state index contributed by atoms with van der Waals surface area (Å²) < 4.78 is 0. The summed E-state index contributed by atoms with van der Waals surface area (Å²) in [4.78, 5) is 18.5. The standard InChI is InChI=1S/C15H24N4O/c1-16-14(20)12-7-6-10-17-13(12)18-11-15(19(2)3)8-4-5-9-15/h6-7,10H,4-5,8-9,11H2,1-3H3,(H,16,20)(H,17,18). The van der Waals surface area contributed by atoms with Crippen LogP contribution in [0.4, 0.5) is 5.82 Å². The molecule has 0 aliphatic heterocycles. The van der Waals surface area contributed by atoms with Gasteiger partial charge in [-0.25, -0.2) is 4.98 Å². The van der Waals surface area contributed by atoms with Gasteiger partial charge in [-0.15, -0.1) is 0 Å². The third-order valence-electron chi connectivity index (χ3n) is 4.35. The van der Waals surface area contributed by atoms with Crippen LogP contribution in [0, 0.1) is 0 Å². The number of carbonyl (C=O) groups is 1. The third-order valence-corrected chi connectivity index (χ3v) is 4.35. The highest BCUT2D eigenvalue weighted by Crippen LogP contribution is 2.34. The van der Waals surface area contributed by atoms with Gasteiger partial charge in [0.15, 0.2) is 0 Å². The molecule has 1 amide bonds. The van der Waals surface area contributed by atoms with Gasteiger partial charge in [0.1, 0.15) is 5.82 Å². The number of nitrogens with one attached hydrogen (secondary N) is 2. The van der Waals surface area contributed by atoms with Crippen molar-refractivity contribution in [1.29, 1.82) is 0 Å². The van der Waals surface area contributed by atoms with Crippen LogP contribution in [0.3, 0.4) is 0 Å². The van der Waals surface area contributed by atoms with E-state index in [9.17, 15) is 4.79 Å². The van der Waals surface area contributed by atoms with Crippen molar-refractivity contribution in [3.8, 4) is 0 Å². The molecule has 5 heteroatoms. The SMILES string of the molecule is CNC(=O)c1cccnc1NCC1(N(C)C)CCCC1. The molecular formula is C15H24N4O. The first-order valence-corrected chi connectivity index (χ1v) is 7.17. The first-order valence-electron chi connectivity index (χ1n) is 7.17. The van der Waals surface area contributed by atoms with Gasteiger partial charge in [-0.1, -0.05) is 12.8 Å². The first kappa shape index (κ1) is 14.8. The molecule has 0 saturated heterocycles. The lowest BCUT2D eigenvalue weighted by molar-refractivity contribution is 0.0963. The Balaban J connectivity index is 2.12. The Morgan fingerprint density at radius 3 is 2.70 bits per heavy atom. The number of carbonyl (C=O) groups excluding carboxylic acids is 1. The fraction of sp³-hybridized carbons (Fsp3) is 0.600. The van der Waals surface area contributed by atoms with Gasteiger partial charge in [0.2, 0.25) is 0 Å². The van der Waals surface area contributed by atoms with Crippen molar-refractivity contribution in [3.63, 3.8) is 0 Å². The summed E-state index contributed by atoms with van der Waals surface area (Å²) in [7, 11) is 5.90. The average Bonchev–Trinajstić information content (AvgIpc) is 2.95. The van der Waals surface area contributed by atoms with Gasteiger partial charge in [0, 0.05) is 25.3 Å². The van der Waals surface area contributed by atoms with Crippen molar-refractivity contribution < 1.29 is 4.79 Å². The number of hydrogen-bond donors (Lipinski definition) is 2. The van der Waals surface area contributed by atoms with Gasteiger partial charge in [-0.2, -0.15) is 0 Å². The molecule has 110 valence electrons. The number of aromatic nitrogens is 1. The Morgan fingerprint density at radius 2 is 2.10 bits per heavy atom. The Morgan fingerprint density at radius 1 is 1.40 bits per heavy atom. The molecule has 0 spiro atoms. The van der Waals surface area contributed by atoms with Crippen LogP contribution in [0.5, 0.6) is 0 Å². The number of nitrogens with zero attached hydrogens (tertiary/aromatic N) is 2. The van der Waals surface area contributed by atoms with Gasteiger partial charge in [-0.05, 0) is 39.1 Å². The topological polar surface area (TPSA) is 57.3 Å². The zero-order valence-corrected chi connectivity index (χ0v) is 12.6. The number of rotatable bonds is 5. The van der Waals surface area contributed by atoms with Gasteiger partial charge in [-0.3, -0.25) is 4.79 Å². The molecule has 1 aromatic rings. The summed E-state index contributed by atoms with van der Waals surface area (Å²) in [6, 6.07) is 3.58. The molecule has 0 aromatic carbocycles. The molecule has 0 bridgehead atoms. The highest BCUT2D eigenvalue weighted by atomic mass is 16.1. The highest BCUT2D eigenvalue weighted by Gasteiger charge is 2.35. The van der Waals surface area contributed by atoms with Crippen molar-refractivity contribution in [1.82, 2.24) is 15.2 Å². The molecule has 5 nitrogen and oxygen atoms in total. The van der Waals surface area contributed by atoms with E-state index in [-0.39, 0.29) is 11.4 Å². The van der Waals surface area contributed by atoms with Crippen LogP contribution >= 0.6 is 0 Å². The predicted octanol–water partition coefficient (Wildman–Crippen LogP) is 1.73. The molecule has 1 fully saturated rings. The lowest BCUT2D eigenvalue weighted by atomic mass is 9.96. The van der Waals surface area contributed by atoms with Crippen LogP contribution in [0.2, 0.25) is 0 Å². The van der Waals surface area contributed by atoms with Gasteiger partial charge in [0.05, 0.1) is 5.56 Å². The van der Waals surface area contributed by atoms with Crippen molar-refractivity contribution in [3.05, 3.63) is 23.9 Å². The highest BCUT2D eigenvalue weighted by molar-refractivity contribution is 5.98. The maximum atomic E-state index is 11.8. The van der Waals surface area contributed by atoms with E-state index in [2.05, 4.69) is 34.6 Å². The van der Waals surface area contributed by atoms with E-state index in [0.29, 0.717) is 11.4 Å². The van der Waals surface area contributed by atoms with Crippen molar-refractivity contribution in [2.24, 2.45) is 0 Å². The van der Waals surface area contributed by atoms with Gasteiger partial charge in [0.25, 0.3) is 5.91 Å². The second-order valence-corrected chi connectivity index (χ2v) is 5.66. The van der Waals surface area contributed by atoms with Crippen LogP contribution in [-0.4, -0.2) is 49.0 Å². The van der Waals surface area contributed by atoms with E-state index < -0.39 is 0 Å². The average molecular weight is 276 g/mol. The molecule has 2 N–H and O–H groups in total. The van der Waals surface area contributed by atoms with Crippen LogP contribution < -0.4 is 10.6 Å². The zero-order chi connectivity index (χ0) is 14.6. The Bertz CT molecular complexity index is 467. The van der Waals surface area contributed by atoms with Gasteiger partial charge < -0.3 is 15.5 Å². The van der Waals surface area contributed by atoms with Crippen LogP contribution in [0.25, 0.3) is 0 Å². The smallest absolute Gasteiger partial charge is 0.254 e. The fourth-order valence-electron chi connectivity index (χ4n) is 2.93. The monoisotopic (exact) mass is 276 g/mol. The molecular weight excluding hydrogens is 252 g/mol. The van der Waals surface area contributed by atoms with E-state index in [4.69, 9.17) is 0 Å². The Hall–Kier alpha value is -1.62. The normalized spacial score (nSPS) is 17.2. The lowest BCUT2D eigenvalue weighted by Crippen LogP contribution is -2.47. The van der Waals surface area contributed by atoms with Crippen LogP contribution in [-0.2, 0) is 0 Å². The van der Waals surface area contributed by atoms with Crippen LogP contribution in [0.15, 0.2) is 18.3 Å². The lowest BCUT2D eigenvalue weighted by Gasteiger charge is -2.36. The number of anilines is 1. The van der Waals surface area contributed by atoms with Crippen molar-refractivity contribution in [2.75, 3.05) is 33.0 Å². The van der Waals surface area contributed by atoms with E-state index in [1.54, 1.807) is 25.4 Å². The quantitative estimate of drug-likeness (QED) is 0.860. The van der Waals surface area contributed by atoms with Gasteiger partial charge >= 0.3 is 0 Å². The first-order chi connectivity index (χ1) is 9.59. The second-order valence-electron chi connectivity index (χ2n) is 5.66. The molecule has 0 atom stereocenters. The van der Waals surface area contributed by atoms with E-state index in [1.165, 1.54) is 25.7 Å². The minimum absolute atomic E-state index is 0.106. The molecule has 1 aliphatic rings. The molecule has 1 saturated carbocycles. The molecule has 1 aliphatic carbocycles. The summed E-state index contributed by atoms with van der Waals surface area (Å²) in [6.07, 6.45) is 6.63. The summed E-state index contributed by atoms with van der Waals surface area (Å²) in [5.41, 5.74) is 0.777. The molecule has 1 heterocycles. The van der Waals surface area contributed by atoms with E-state index >= 15 is 0 Å². The minimum Gasteiger partial charge on any atom is -0.368 e. The summed E-state index contributed by atoms with van der Waals surface area (Å²) in [6.45, 7) is 0.820. The second kappa shape index (κ2) is 6.22. The summed E-state index contributed by atoms with van der Waals surface area (Å²) in [5.74, 6) is 0.561. The number of amides is 1. The zero-order valence-electron chi connectivity index (χ0n) is 12.6. The molecule has 1 aromatic heterocycles. The molecule has 0 radical (unpaired) electrons. The fourth-order valence-corrected chi connectivity index (χ4v) is 2.93.